The summed E-state index contributed by atoms with van der Waals surface area (Å²) >= 11 is 7.74. The minimum Gasteiger partial charge on any atom is -0.496 e. The van der Waals surface area contributed by atoms with E-state index in [0.29, 0.717) is 18.1 Å². The molecule has 1 atom stereocenters. The van der Waals surface area contributed by atoms with Crippen LogP contribution in [0, 0.1) is 0 Å². The highest BCUT2D eigenvalue weighted by molar-refractivity contribution is 7.98. The Kier molecular flexibility index (Phi) is 6.58. The van der Waals surface area contributed by atoms with Gasteiger partial charge in [-0.1, -0.05) is 35.9 Å². The minimum atomic E-state index is -0.624. The highest BCUT2D eigenvalue weighted by Gasteiger charge is 2.10. The predicted molar refractivity (Wildman–Crippen MR) is 92.9 cm³/mol. The first-order chi connectivity index (χ1) is 10.7. The maximum atomic E-state index is 10.2. The average Bonchev–Trinajstić information content (AvgIpc) is 2.55. The number of thioether (sulfide) groups is 1. The van der Waals surface area contributed by atoms with Gasteiger partial charge in [0.05, 0.1) is 13.2 Å². The Hall–Kier alpha value is -1.20. The lowest BCUT2D eigenvalue weighted by atomic mass is 10.1. The van der Waals surface area contributed by atoms with E-state index in [0.717, 1.165) is 21.8 Å². The monoisotopic (exact) mass is 337 g/mol. The second-order valence-electron chi connectivity index (χ2n) is 4.86. The first-order valence-electron chi connectivity index (χ1n) is 6.99. The second-order valence-corrected chi connectivity index (χ2v) is 6.11. The van der Waals surface area contributed by atoms with Gasteiger partial charge in [0, 0.05) is 28.6 Å². The fourth-order valence-electron chi connectivity index (χ4n) is 2.20. The number of halogens is 1. The van der Waals surface area contributed by atoms with Crippen LogP contribution in [0.5, 0.6) is 5.75 Å². The number of aliphatic hydroxyl groups excluding tert-OH is 1. The van der Waals surface area contributed by atoms with Crippen LogP contribution in [0.3, 0.4) is 0 Å². The largest absolute Gasteiger partial charge is 0.496 e. The number of hydrogen-bond acceptors (Lipinski definition) is 4. The zero-order chi connectivity index (χ0) is 15.9. The van der Waals surface area contributed by atoms with Crippen LogP contribution in [0.25, 0.3) is 0 Å². The molecule has 0 aliphatic heterocycles. The smallest absolute Gasteiger partial charge is 0.132 e. The summed E-state index contributed by atoms with van der Waals surface area (Å²) in [5.74, 6) is 0.874. The van der Waals surface area contributed by atoms with Crippen molar-refractivity contribution in [2.45, 2.75) is 17.5 Å². The summed E-state index contributed by atoms with van der Waals surface area (Å²) in [6.45, 7) is 1.10. The van der Waals surface area contributed by atoms with E-state index in [9.17, 15) is 5.11 Å². The van der Waals surface area contributed by atoms with Crippen LogP contribution in [0.2, 0.25) is 5.02 Å². The summed E-state index contributed by atoms with van der Waals surface area (Å²) < 4.78 is 5.37. The van der Waals surface area contributed by atoms with Gasteiger partial charge in [-0.15, -0.1) is 11.8 Å². The van der Waals surface area contributed by atoms with E-state index in [2.05, 4.69) is 11.4 Å². The lowest BCUT2D eigenvalue weighted by Crippen LogP contribution is -2.21. The van der Waals surface area contributed by atoms with Crippen LogP contribution < -0.4 is 10.1 Å². The van der Waals surface area contributed by atoms with Crippen LogP contribution in [0.15, 0.2) is 47.4 Å². The summed E-state index contributed by atoms with van der Waals surface area (Å²) in [6.07, 6.45) is 1.40. The van der Waals surface area contributed by atoms with E-state index in [4.69, 9.17) is 16.3 Å². The molecule has 0 spiro atoms. The third kappa shape index (κ3) is 4.40. The Morgan fingerprint density at radius 3 is 2.73 bits per heavy atom. The topological polar surface area (TPSA) is 41.5 Å². The number of methoxy groups -OCH3 is 1. The molecule has 0 heterocycles. The molecule has 0 saturated carbocycles. The third-order valence-electron chi connectivity index (χ3n) is 3.38. The second kappa shape index (κ2) is 8.44. The van der Waals surface area contributed by atoms with Gasteiger partial charge in [-0.05, 0) is 30.0 Å². The molecule has 0 aliphatic rings. The summed E-state index contributed by atoms with van der Waals surface area (Å²) in [4.78, 5) is 1.11. The minimum absolute atomic E-state index is 0.441. The molecule has 0 radical (unpaired) electrons. The van der Waals surface area contributed by atoms with Gasteiger partial charge in [-0.25, -0.2) is 0 Å². The van der Waals surface area contributed by atoms with Gasteiger partial charge in [0.1, 0.15) is 5.75 Å². The third-order valence-corrected chi connectivity index (χ3v) is 4.50. The molecule has 0 saturated heterocycles. The Labute approximate surface area is 140 Å². The molecule has 2 aromatic carbocycles. The van der Waals surface area contributed by atoms with Crippen molar-refractivity contribution in [2.24, 2.45) is 0 Å². The fourth-order valence-corrected chi connectivity index (χ4v) is 3.01. The summed E-state index contributed by atoms with van der Waals surface area (Å²) in [5, 5.41) is 14.0. The molecule has 0 aromatic heterocycles. The van der Waals surface area contributed by atoms with Crippen molar-refractivity contribution in [3.05, 3.63) is 58.6 Å². The van der Waals surface area contributed by atoms with Crippen molar-refractivity contribution < 1.29 is 9.84 Å². The van der Waals surface area contributed by atoms with Crippen LogP contribution in [0.4, 0.5) is 0 Å². The molecule has 5 heteroatoms. The number of aliphatic hydroxyl groups is 1. The summed E-state index contributed by atoms with van der Waals surface area (Å²) in [6, 6.07) is 13.5. The van der Waals surface area contributed by atoms with Gasteiger partial charge in [0.2, 0.25) is 0 Å². The van der Waals surface area contributed by atoms with Gasteiger partial charge >= 0.3 is 0 Å². The van der Waals surface area contributed by atoms with Crippen molar-refractivity contribution in [1.82, 2.24) is 5.32 Å². The first-order valence-corrected chi connectivity index (χ1v) is 8.60. The number of benzene rings is 2. The molecular weight excluding hydrogens is 318 g/mol. The van der Waals surface area contributed by atoms with E-state index < -0.39 is 6.10 Å². The molecule has 2 rings (SSSR count). The highest BCUT2D eigenvalue weighted by Crippen LogP contribution is 2.28. The van der Waals surface area contributed by atoms with E-state index in [1.54, 1.807) is 24.9 Å². The SMILES string of the molecule is COc1cc(CNCC(O)c2ccccc2Cl)ccc1SC. The van der Waals surface area contributed by atoms with Gasteiger partial charge in [0.25, 0.3) is 0 Å². The number of nitrogens with one attached hydrogen (secondary N) is 1. The van der Waals surface area contributed by atoms with Crippen LogP contribution >= 0.6 is 23.4 Å². The van der Waals surface area contributed by atoms with E-state index >= 15 is 0 Å². The lowest BCUT2D eigenvalue weighted by molar-refractivity contribution is 0.174. The van der Waals surface area contributed by atoms with Crippen molar-refractivity contribution in [3.63, 3.8) is 0 Å². The first kappa shape index (κ1) is 17.2. The van der Waals surface area contributed by atoms with Crippen LogP contribution in [0.1, 0.15) is 17.2 Å². The Morgan fingerprint density at radius 1 is 1.27 bits per heavy atom. The maximum absolute atomic E-state index is 10.2. The molecule has 22 heavy (non-hydrogen) atoms. The quantitative estimate of drug-likeness (QED) is 0.752. The standard InChI is InChI=1S/C17H20ClNO2S/c1-21-16-9-12(7-8-17(16)22-2)10-19-11-15(20)13-5-3-4-6-14(13)18/h3-9,15,19-20H,10-11H2,1-2H3. The van der Waals surface area contributed by atoms with Crippen LogP contribution in [-0.4, -0.2) is 25.0 Å². The van der Waals surface area contributed by atoms with Crippen molar-refractivity contribution in [1.29, 1.82) is 0 Å². The summed E-state index contributed by atoms with van der Waals surface area (Å²) in [7, 11) is 1.67. The molecule has 0 aliphatic carbocycles. The molecule has 0 bridgehead atoms. The number of hydrogen-bond donors (Lipinski definition) is 2. The van der Waals surface area contributed by atoms with E-state index in [1.165, 1.54) is 0 Å². The van der Waals surface area contributed by atoms with Gasteiger partial charge in [-0.3, -0.25) is 0 Å². The van der Waals surface area contributed by atoms with Gasteiger partial charge in [-0.2, -0.15) is 0 Å². The van der Waals surface area contributed by atoms with Gasteiger partial charge < -0.3 is 15.2 Å². The molecule has 2 N–H and O–H groups in total. The molecule has 118 valence electrons. The fraction of sp³-hybridized carbons (Fsp3) is 0.294. The Balaban J connectivity index is 1.92. The molecular formula is C17H20ClNO2S. The van der Waals surface area contributed by atoms with Crippen LogP contribution in [-0.2, 0) is 6.54 Å². The molecule has 2 aromatic rings. The van der Waals surface area contributed by atoms with Gasteiger partial charge in [0.15, 0.2) is 0 Å². The van der Waals surface area contributed by atoms with E-state index in [-0.39, 0.29) is 0 Å². The predicted octanol–water partition coefficient (Wildman–Crippen LogP) is 3.89. The zero-order valence-corrected chi connectivity index (χ0v) is 14.2. The van der Waals surface area contributed by atoms with Crippen molar-refractivity contribution >= 4 is 23.4 Å². The molecule has 1 unspecified atom stereocenters. The molecule has 0 amide bonds. The average molecular weight is 338 g/mol. The maximum Gasteiger partial charge on any atom is 0.132 e. The number of ether oxygens (including phenoxy) is 1. The van der Waals surface area contributed by atoms with Crippen molar-refractivity contribution in [2.75, 3.05) is 19.9 Å². The van der Waals surface area contributed by atoms with Crippen molar-refractivity contribution in [3.8, 4) is 5.75 Å². The zero-order valence-electron chi connectivity index (χ0n) is 12.7. The Bertz CT molecular complexity index is 621. The molecule has 0 fully saturated rings. The van der Waals surface area contributed by atoms with E-state index in [1.807, 2.05) is 36.6 Å². The number of rotatable bonds is 7. The normalized spacial score (nSPS) is 12.2. The Morgan fingerprint density at radius 2 is 2.05 bits per heavy atom. The lowest BCUT2D eigenvalue weighted by Gasteiger charge is -2.14. The molecule has 3 nitrogen and oxygen atoms in total. The highest BCUT2D eigenvalue weighted by atomic mass is 35.5. The summed E-state index contributed by atoms with van der Waals surface area (Å²) in [5.41, 5.74) is 1.85.